The minimum atomic E-state index is -0.656. The van der Waals surface area contributed by atoms with Crippen LogP contribution >= 0.6 is 27.5 Å². The number of hydrogen-bond acceptors (Lipinski definition) is 4. The Labute approximate surface area is 177 Å². The first-order valence-corrected chi connectivity index (χ1v) is 10.1. The molecule has 3 aromatic rings. The third-order valence-electron chi connectivity index (χ3n) is 4.36. The number of halogens is 2. The van der Waals surface area contributed by atoms with Crippen molar-refractivity contribution in [2.75, 3.05) is 0 Å². The number of nitrogens with zero attached hydrogens (tertiary/aromatic N) is 2. The molecule has 0 aliphatic rings. The normalized spacial score (nSPS) is 12.6. The molecule has 0 saturated heterocycles. The zero-order valence-corrected chi connectivity index (χ0v) is 18.2. The van der Waals surface area contributed by atoms with Gasteiger partial charge in [-0.25, -0.2) is 0 Å². The summed E-state index contributed by atoms with van der Waals surface area (Å²) in [6.45, 7) is 5.73. The van der Waals surface area contributed by atoms with Gasteiger partial charge in [0.15, 0.2) is 6.10 Å². The van der Waals surface area contributed by atoms with Crippen LogP contribution in [0.25, 0.3) is 10.9 Å². The predicted octanol–water partition coefficient (Wildman–Crippen LogP) is 5.25. The molecule has 146 valence electrons. The number of aromatic nitrogens is 2. The maximum absolute atomic E-state index is 12.9. The summed E-state index contributed by atoms with van der Waals surface area (Å²) in [5, 5.41) is 4.34. The number of nitrogens with one attached hydrogen (secondary N) is 1. The number of benzene rings is 1. The molecule has 1 unspecified atom stereocenters. The molecule has 28 heavy (non-hydrogen) atoms. The first-order valence-electron chi connectivity index (χ1n) is 8.95. The second-order valence-corrected chi connectivity index (χ2v) is 8.30. The van der Waals surface area contributed by atoms with Crippen LogP contribution in [0.2, 0.25) is 5.02 Å². The van der Waals surface area contributed by atoms with E-state index in [0.717, 1.165) is 15.6 Å². The second kappa shape index (κ2) is 8.45. The molecule has 0 radical (unpaired) electrons. The van der Waals surface area contributed by atoms with E-state index in [1.807, 2.05) is 51.1 Å². The Morgan fingerprint density at radius 1 is 1.29 bits per heavy atom. The topological polar surface area (TPSA) is 64.1 Å². The van der Waals surface area contributed by atoms with Crippen molar-refractivity contribution in [2.45, 2.75) is 38.8 Å². The molecule has 0 aliphatic carbocycles. The quantitative estimate of drug-likeness (QED) is 0.543. The number of ether oxygens (including phenoxy) is 1. The summed E-state index contributed by atoms with van der Waals surface area (Å²) in [5.41, 5.74) is 0.846. The van der Waals surface area contributed by atoms with Crippen LogP contribution in [0.1, 0.15) is 32.9 Å². The van der Waals surface area contributed by atoms with Crippen LogP contribution in [0.4, 0.5) is 0 Å². The van der Waals surface area contributed by atoms with E-state index in [4.69, 9.17) is 16.3 Å². The van der Waals surface area contributed by atoms with Crippen LogP contribution in [0.15, 0.2) is 53.3 Å². The summed E-state index contributed by atoms with van der Waals surface area (Å²) in [6, 6.07) is 11.1. The Morgan fingerprint density at radius 3 is 2.75 bits per heavy atom. The molecule has 5 nitrogen and oxygen atoms in total. The molecule has 1 atom stereocenters. The van der Waals surface area contributed by atoms with E-state index in [1.165, 1.54) is 0 Å². The maximum atomic E-state index is 12.9. The fourth-order valence-corrected chi connectivity index (χ4v) is 3.51. The van der Waals surface area contributed by atoms with Crippen molar-refractivity contribution in [2.24, 2.45) is 0 Å². The molecule has 3 rings (SSSR count). The molecular weight excluding hydrogens is 442 g/mol. The number of carbonyl (C=O) groups excluding carboxylic acids is 1. The molecule has 2 aromatic heterocycles. The van der Waals surface area contributed by atoms with Gasteiger partial charge in [0.05, 0.1) is 21.8 Å². The molecule has 1 N–H and O–H groups in total. The maximum Gasteiger partial charge on any atom is 0.261 e. The Bertz CT molecular complexity index is 996. The molecule has 0 bridgehead atoms. The van der Waals surface area contributed by atoms with E-state index in [-0.39, 0.29) is 5.91 Å². The molecule has 1 amide bonds. The van der Waals surface area contributed by atoms with Crippen molar-refractivity contribution >= 4 is 44.3 Å². The van der Waals surface area contributed by atoms with Gasteiger partial charge in [-0.15, -0.1) is 0 Å². The van der Waals surface area contributed by atoms with Crippen LogP contribution in [-0.4, -0.2) is 22.0 Å². The molecule has 0 fully saturated rings. The fraction of sp³-hybridized carbons (Fsp3) is 0.286. The molecule has 0 aliphatic heterocycles. The lowest BCUT2D eigenvalue weighted by molar-refractivity contribution is -0.130. The van der Waals surface area contributed by atoms with Crippen LogP contribution in [0, 0.1) is 0 Å². The van der Waals surface area contributed by atoms with Gasteiger partial charge in [0.2, 0.25) is 0 Å². The van der Waals surface area contributed by atoms with E-state index in [0.29, 0.717) is 22.7 Å². The van der Waals surface area contributed by atoms with Gasteiger partial charge in [-0.2, -0.15) is 0 Å². The Kier molecular flexibility index (Phi) is 6.20. The summed E-state index contributed by atoms with van der Waals surface area (Å²) in [7, 11) is 0. The SMILES string of the molecule is CCC(Oc1cc(Cl)c2ncc(Br)cc2c1)C(=O)NC(C)(C)c1ccccn1. The van der Waals surface area contributed by atoms with Crippen LogP contribution < -0.4 is 10.1 Å². The molecule has 0 spiro atoms. The Hall–Kier alpha value is -2.18. The second-order valence-electron chi connectivity index (χ2n) is 6.97. The lowest BCUT2D eigenvalue weighted by Crippen LogP contribution is -2.47. The monoisotopic (exact) mass is 461 g/mol. The lowest BCUT2D eigenvalue weighted by Gasteiger charge is -2.28. The largest absolute Gasteiger partial charge is 0.481 e. The summed E-state index contributed by atoms with van der Waals surface area (Å²) in [5.74, 6) is 0.316. The molecule has 0 saturated carbocycles. The summed E-state index contributed by atoms with van der Waals surface area (Å²) in [6.07, 6.45) is 3.25. The van der Waals surface area contributed by atoms with Gasteiger partial charge in [0.25, 0.3) is 5.91 Å². The average Bonchev–Trinajstić information content (AvgIpc) is 2.66. The molecule has 1 aromatic carbocycles. The molecular formula is C21H21BrClN3O2. The van der Waals surface area contributed by atoms with Crippen LogP contribution in [0.3, 0.4) is 0 Å². The number of pyridine rings is 2. The Morgan fingerprint density at radius 2 is 2.07 bits per heavy atom. The number of rotatable bonds is 6. The summed E-state index contributed by atoms with van der Waals surface area (Å²) >= 11 is 9.75. The first kappa shape index (κ1) is 20.6. The standard InChI is InChI=1S/C21H21BrClN3O2/c1-4-17(20(27)26-21(2,3)18-7-5-6-8-24-18)28-15-10-13-9-14(22)12-25-19(13)16(23)11-15/h5-12,17H,4H2,1-3H3,(H,26,27). The predicted molar refractivity (Wildman–Crippen MR) is 115 cm³/mol. The van der Waals surface area contributed by atoms with Gasteiger partial charge in [0.1, 0.15) is 5.75 Å². The average molecular weight is 463 g/mol. The van der Waals surface area contributed by atoms with Crippen molar-refractivity contribution in [3.05, 3.63) is 64.0 Å². The number of amides is 1. The Balaban J connectivity index is 1.80. The summed E-state index contributed by atoms with van der Waals surface area (Å²) < 4.78 is 6.82. The highest BCUT2D eigenvalue weighted by atomic mass is 79.9. The van der Waals surface area contributed by atoms with Crippen molar-refractivity contribution in [1.29, 1.82) is 0 Å². The van der Waals surface area contributed by atoms with Crippen LogP contribution in [0.5, 0.6) is 5.75 Å². The molecule has 2 heterocycles. The number of carbonyl (C=O) groups is 1. The van der Waals surface area contributed by atoms with Gasteiger partial charge in [-0.1, -0.05) is 24.6 Å². The van der Waals surface area contributed by atoms with E-state index in [9.17, 15) is 4.79 Å². The zero-order valence-electron chi connectivity index (χ0n) is 15.9. The third-order valence-corrected chi connectivity index (χ3v) is 5.08. The number of hydrogen-bond donors (Lipinski definition) is 1. The van der Waals surface area contributed by atoms with E-state index in [1.54, 1.807) is 18.5 Å². The van der Waals surface area contributed by atoms with Gasteiger partial charge < -0.3 is 10.1 Å². The zero-order chi connectivity index (χ0) is 20.3. The van der Waals surface area contributed by atoms with Crippen molar-refractivity contribution in [3.63, 3.8) is 0 Å². The van der Waals surface area contributed by atoms with E-state index < -0.39 is 11.6 Å². The smallest absolute Gasteiger partial charge is 0.261 e. The fourth-order valence-electron chi connectivity index (χ4n) is 2.89. The van der Waals surface area contributed by atoms with E-state index >= 15 is 0 Å². The highest BCUT2D eigenvalue weighted by Gasteiger charge is 2.28. The van der Waals surface area contributed by atoms with Crippen molar-refractivity contribution < 1.29 is 9.53 Å². The molecule has 7 heteroatoms. The van der Waals surface area contributed by atoms with Gasteiger partial charge in [0, 0.05) is 28.3 Å². The number of fused-ring (bicyclic) bond motifs is 1. The summed E-state index contributed by atoms with van der Waals surface area (Å²) in [4.78, 5) is 21.5. The van der Waals surface area contributed by atoms with Crippen molar-refractivity contribution in [1.82, 2.24) is 15.3 Å². The van der Waals surface area contributed by atoms with E-state index in [2.05, 4.69) is 31.2 Å². The highest BCUT2D eigenvalue weighted by molar-refractivity contribution is 9.10. The highest BCUT2D eigenvalue weighted by Crippen LogP contribution is 2.30. The lowest BCUT2D eigenvalue weighted by atomic mass is 9.99. The van der Waals surface area contributed by atoms with Gasteiger partial charge in [-0.3, -0.25) is 14.8 Å². The first-order chi connectivity index (χ1) is 13.3. The van der Waals surface area contributed by atoms with Crippen LogP contribution in [-0.2, 0) is 10.3 Å². The minimum absolute atomic E-state index is 0.207. The van der Waals surface area contributed by atoms with Crippen molar-refractivity contribution in [3.8, 4) is 5.75 Å². The minimum Gasteiger partial charge on any atom is -0.481 e. The van der Waals surface area contributed by atoms with Gasteiger partial charge >= 0.3 is 0 Å². The third kappa shape index (κ3) is 4.62. The van der Waals surface area contributed by atoms with Gasteiger partial charge in [-0.05, 0) is 60.5 Å².